The number of fused-ring (bicyclic) bond motifs is 2. The van der Waals surface area contributed by atoms with E-state index in [1.54, 1.807) is 0 Å². The van der Waals surface area contributed by atoms with Crippen LogP contribution >= 0.6 is 0 Å². The normalized spacial score (nSPS) is 11.2. The summed E-state index contributed by atoms with van der Waals surface area (Å²) in [5, 5.41) is 5.05. The van der Waals surface area contributed by atoms with Gasteiger partial charge in [0.1, 0.15) is 0 Å². The Kier molecular flexibility index (Phi) is 6.59. The lowest BCUT2D eigenvalue weighted by Crippen LogP contribution is -1.93. The first-order chi connectivity index (χ1) is 21.8. The Morgan fingerprint density at radius 3 is 1.09 bits per heavy atom. The zero-order chi connectivity index (χ0) is 29.3. The monoisotopic (exact) mass is 558 g/mol. The fourth-order valence-electron chi connectivity index (χ4n) is 6.62. The predicted molar refractivity (Wildman–Crippen MR) is 189 cm³/mol. The van der Waals surface area contributed by atoms with E-state index in [1.165, 1.54) is 77.2 Å². The molecule has 8 rings (SSSR count). The highest BCUT2D eigenvalue weighted by Gasteiger charge is 2.19. The second-order valence-corrected chi connectivity index (χ2v) is 11.3. The molecule has 0 aliphatic heterocycles. The van der Waals surface area contributed by atoms with Crippen LogP contribution in [0.5, 0.6) is 0 Å². The van der Waals surface area contributed by atoms with Gasteiger partial charge >= 0.3 is 0 Å². The van der Waals surface area contributed by atoms with E-state index >= 15 is 0 Å². The van der Waals surface area contributed by atoms with Gasteiger partial charge in [-0.05, 0) is 83.2 Å². The van der Waals surface area contributed by atoms with Gasteiger partial charge in [-0.3, -0.25) is 0 Å². The van der Waals surface area contributed by atoms with Crippen molar-refractivity contribution >= 4 is 21.5 Å². The Hall–Kier alpha value is -5.72. The number of benzene rings is 8. The molecule has 0 spiro atoms. The maximum absolute atomic E-state index is 2.36. The fraction of sp³-hybridized carbons (Fsp3) is 0. The molecule has 0 aliphatic rings. The minimum atomic E-state index is 1.22. The standard InChI is InChI=1S/C44H30/c1-4-14-31(15-5-1)33-24-26-35(27-25-33)43-37-20-10-12-22-39(37)44(40-23-13-11-21-38(40)43)41-29-28-36(32-16-6-2-7-17-32)30-42(41)34-18-8-3-9-19-34/h1-30H. The molecule has 0 saturated carbocycles. The van der Waals surface area contributed by atoms with E-state index in [1.807, 2.05) is 0 Å². The molecule has 0 nitrogen and oxygen atoms in total. The fourth-order valence-corrected chi connectivity index (χ4v) is 6.62. The summed E-state index contributed by atoms with van der Waals surface area (Å²) in [5.41, 5.74) is 12.4. The van der Waals surface area contributed by atoms with Crippen LogP contribution in [0.15, 0.2) is 182 Å². The highest BCUT2D eigenvalue weighted by molar-refractivity contribution is 6.22. The molecule has 0 N–H and O–H groups in total. The molecule has 0 aromatic heterocycles. The van der Waals surface area contributed by atoms with Crippen LogP contribution in [0.3, 0.4) is 0 Å². The molecule has 0 atom stereocenters. The van der Waals surface area contributed by atoms with Crippen molar-refractivity contribution in [3.63, 3.8) is 0 Å². The second-order valence-electron chi connectivity index (χ2n) is 11.3. The third-order valence-corrected chi connectivity index (χ3v) is 8.69. The molecular formula is C44H30. The lowest BCUT2D eigenvalue weighted by atomic mass is 9.83. The van der Waals surface area contributed by atoms with Crippen LogP contribution in [0, 0.1) is 0 Å². The zero-order valence-corrected chi connectivity index (χ0v) is 24.3. The van der Waals surface area contributed by atoms with Crippen molar-refractivity contribution in [1.29, 1.82) is 0 Å². The average Bonchev–Trinajstić information content (AvgIpc) is 3.11. The first-order valence-electron chi connectivity index (χ1n) is 15.2. The lowest BCUT2D eigenvalue weighted by Gasteiger charge is -2.20. The second kappa shape index (κ2) is 11.2. The largest absolute Gasteiger partial charge is 0.0622 e. The highest BCUT2D eigenvalue weighted by Crippen LogP contribution is 2.46. The van der Waals surface area contributed by atoms with Crippen molar-refractivity contribution < 1.29 is 0 Å². The summed E-state index contributed by atoms with van der Waals surface area (Å²) in [6.07, 6.45) is 0. The van der Waals surface area contributed by atoms with Gasteiger partial charge in [0.15, 0.2) is 0 Å². The van der Waals surface area contributed by atoms with Crippen molar-refractivity contribution in [2.45, 2.75) is 0 Å². The molecule has 0 aliphatic carbocycles. The summed E-state index contributed by atoms with van der Waals surface area (Å²) in [6.45, 7) is 0. The molecule has 0 amide bonds. The van der Waals surface area contributed by atoms with E-state index in [9.17, 15) is 0 Å². The summed E-state index contributed by atoms with van der Waals surface area (Å²) in [4.78, 5) is 0. The van der Waals surface area contributed by atoms with Crippen molar-refractivity contribution in [2.75, 3.05) is 0 Å². The van der Waals surface area contributed by atoms with Crippen LogP contribution in [-0.4, -0.2) is 0 Å². The Labute approximate surface area is 258 Å². The third kappa shape index (κ3) is 4.58. The zero-order valence-electron chi connectivity index (χ0n) is 24.3. The van der Waals surface area contributed by atoms with Crippen LogP contribution in [0.1, 0.15) is 0 Å². The van der Waals surface area contributed by atoms with E-state index in [4.69, 9.17) is 0 Å². The first kappa shape index (κ1) is 25.9. The van der Waals surface area contributed by atoms with Gasteiger partial charge in [-0.1, -0.05) is 176 Å². The SMILES string of the molecule is c1ccc(-c2ccc(-c3c4ccccc4c(-c4ccc(-c5ccccc5)cc4-c4ccccc4)c4ccccc34)cc2)cc1. The molecule has 44 heavy (non-hydrogen) atoms. The van der Waals surface area contributed by atoms with E-state index in [-0.39, 0.29) is 0 Å². The molecule has 8 aromatic rings. The van der Waals surface area contributed by atoms with E-state index < -0.39 is 0 Å². The molecule has 8 aromatic carbocycles. The predicted octanol–water partition coefficient (Wildman–Crippen LogP) is 12.3. The van der Waals surface area contributed by atoms with Gasteiger partial charge in [-0.2, -0.15) is 0 Å². The summed E-state index contributed by atoms with van der Waals surface area (Å²) in [5.74, 6) is 0. The summed E-state index contributed by atoms with van der Waals surface area (Å²) in [6, 6.07) is 65.9. The summed E-state index contributed by atoms with van der Waals surface area (Å²) in [7, 11) is 0. The van der Waals surface area contributed by atoms with Gasteiger partial charge in [0, 0.05) is 0 Å². The minimum absolute atomic E-state index is 1.22. The Morgan fingerprint density at radius 2 is 0.568 bits per heavy atom. The number of hydrogen-bond donors (Lipinski definition) is 0. The van der Waals surface area contributed by atoms with E-state index in [0.29, 0.717) is 0 Å². The molecule has 0 heterocycles. The van der Waals surface area contributed by atoms with Crippen LogP contribution in [0.25, 0.3) is 77.2 Å². The molecule has 0 radical (unpaired) electrons. The summed E-state index contributed by atoms with van der Waals surface area (Å²) < 4.78 is 0. The van der Waals surface area contributed by atoms with Gasteiger partial charge in [0.05, 0.1) is 0 Å². The highest BCUT2D eigenvalue weighted by atomic mass is 14.2. The Morgan fingerprint density at radius 1 is 0.205 bits per heavy atom. The quantitative estimate of drug-likeness (QED) is 0.184. The summed E-state index contributed by atoms with van der Waals surface area (Å²) >= 11 is 0. The van der Waals surface area contributed by atoms with Gasteiger partial charge in [-0.25, -0.2) is 0 Å². The smallest absolute Gasteiger partial charge is 0.00201 e. The molecule has 206 valence electrons. The average molecular weight is 559 g/mol. The van der Waals surface area contributed by atoms with E-state index in [0.717, 1.165) is 0 Å². The van der Waals surface area contributed by atoms with Gasteiger partial charge in [0.2, 0.25) is 0 Å². The van der Waals surface area contributed by atoms with E-state index in [2.05, 4.69) is 182 Å². The van der Waals surface area contributed by atoms with Crippen LogP contribution in [-0.2, 0) is 0 Å². The van der Waals surface area contributed by atoms with Crippen molar-refractivity contribution in [3.8, 4) is 55.6 Å². The maximum atomic E-state index is 2.36. The van der Waals surface area contributed by atoms with Crippen molar-refractivity contribution in [2.24, 2.45) is 0 Å². The minimum Gasteiger partial charge on any atom is -0.0622 e. The lowest BCUT2D eigenvalue weighted by molar-refractivity contribution is 1.58. The van der Waals surface area contributed by atoms with Crippen LogP contribution in [0.4, 0.5) is 0 Å². The number of hydrogen-bond acceptors (Lipinski definition) is 0. The van der Waals surface area contributed by atoms with Gasteiger partial charge in [0.25, 0.3) is 0 Å². The van der Waals surface area contributed by atoms with Gasteiger partial charge < -0.3 is 0 Å². The topological polar surface area (TPSA) is 0 Å². The Bertz CT molecular complexity index is 2170. The molecule has 0 unspecified atom stereocenters. The van der Waals surface area contributed by atoms with Crippen molar-refractivity contribution in [1.82, 2.24) is 0 Å². The first-order valence-corrected chi connectivity index (χ1v) is 15.2. The maximum Gasteiger partial charge on any atom is -0.00201 e. The van der Waals surface area contributed by atoms with Gasteiger partial charge in [-0.15, -0.1) is 0 Å². The molecule has 0 fully saturated rings. The molecule has 0 bridgehead atoms. The van der Waals surface area contributed by atoms with Crippen LogP contribution in [0.2, 0.25) is 0 Å². The van der Waals surface area contributed by atoms with Crippen LogP contribution < -0.4 is 0 Å². The van der Waals surface area contributed by atoms with Crippen molar-refractivity contribution in [3.05, 3.63) is 182 Å². The Balaban J connectivity index is 1.40. The molecular weight excluding hydrogens is 528 g/mol. The number of rotatable bonds is 5. The molecule has 0 saturated heterocycles. The molecule has 0 heteroatoms. The third-order valence-electron chi connectivity index (χ3n) is 8.69.